The van der Waals surface area contributed by atoms with E-state index in [2.05, 4.69) is 0 Å². The number of hydrogen-bond donors (Lipinski definition) is 11. The van der Waals surface area contributed by atoms with Crippen LogP contribution in [0.4, 0.5) is 0 Å². The summed E-state index contributed by atoms with van der Waals surface area (Å²) >= 11 is 0. The number of aliphatic hydroxyl groups is 10. The summed E-state index contributed by atoms with van der Waals surface area (Å²) in [6.45, 7) is -1.67. The fourth-order valence-corrected chi connectivity index (χ4v) is 4.04. The summed E-state index contributed by atoms with van der Waals surface area (Å²) in [5, 5.41) is 109. The largest absolute Gasteiger partial charge is 0.479 e. The van der Waals surface area contributed by atoms with Crippen molar-refractivity contribution in [3.05, 3.63) is 0 Å². The maximum atomic E-state index is 11.3. The minimum absolute atomic E-state index is 0.806. The van der Waals surface area contributed by atoms with Crippen LogP contribution in [0, 0.1) is 0 Å². The Hall–Kier alpha value is -1.13. The fourth-order valence-electron chi connectivity index (χ4n) is 4.04. The van der Waals surface area contributed by atoms with E-state index >= 15 is 0 Å². The molecule has 35 heavy (non-hydrogen) atoms. The average Bonchev–Trinajstić information content (AvgIpc) is 2.82. The molecule has 1 unspecified atom stereocenters. The molecule has 3 heterocycles. The predicted molar refractivity (Wildman–Crippen MR) is 102 cm³/mol. The highest BCUT2D eigenvalue weighted by molar-refractivity contribution is 5.73. The molecule has 3 fully saturated rings. The third-order valence-corrected chi connectivity index (χ3v) is 6.06. The van der Waals surface area contributed by atoms with Crippen LogP contribution in [0.15, 0.2) is 0 Å². The minimum Gasteiger partial charge on any atom is -0.479 e. The van der Waals surface area contributed by atoms with E-state index in [0.29, 0.717) is 0 Å². The monoisotopic (exact) mass is 518 g/mol. The van der Waals surface area contributed by atoms with E-state index in [4.69, 9.17) is 28.8 Å². The zero-order valence-corrected chi connectivity index (χ0v) is 17.9. The Morgan fingerprint density at radius 1 is 0.600 bits per heavy atom. The smallest absolute Gasteiger partial charge is 0.335 e. The van der Waals surface area contributed by atoms with Crippen LogP contribution in [0.5, 0.6) is 0 Å². The molecule has 0 spiro atoms. The van der Waals surface area contributed by atoms with Gasteiger partial charge in [-0.15, -0.1) is 0 Å². The van der Waals surface area contributed by atoms with Gasteiger partial charge in [-0.05, 0) is 0 Å². The second-order valence-electron chi connectivity index (χ2n) is 8.37. The Balaban J connectivity index is 1.80. The summed E-state index contributed by atoms with van der Waals surface area (Å²) in [7, 11) is 0. The molecule has 11 N–H and O–H groups in total. The summed E-state index contributed by atoms with van der Waals surface area (Å²) < 4.78 is 26.0. The summed E-state index contributed by atoms with van der Waals surface area (Å²) in [6, 6.07) is 0. The molecule has 0 bridgehead atoms. The molecule has 0 aliphatic carbocycles. The first-order chi connectivity index (χ1) is 16.4. The van der Waals surface area contributed by atoms with Gasteiger partial charge < -0.3 is 79.9 Å². The highest BCUT2D eigenvalue weighted by Gasteiger charge is 2.54. The van der Waals surface area contributed by atoms with Crippen LogP contribution in [0.25, 0.3) is 0 Å². The second kappa shape index (κ2) is 11.5. The van der Waals surface area contributed by atoms with Crippen LogP contribution in [0.1, 0.15) is 0 Å². The van der Waals surface area contributed by atoms with Crippen LogP contribution in [-0.2, 0) is 28.5 Å². The molecule has 0 aromatic carbocycles. The molecule has 3 aliphatic rings. The van der Waals surface area contributed by atoms with Crippen molar-refractivity contribution in [1.82, 2.24) is 0 Å². The third-order valence-electron chi connectivity index (χ3n) is 6.06. The van der Waals surface area contributed by atoms with Gasteiger partial charge in [-0.25, -0.2) is 4.79 Å². The van der Waals surface area contributed by atoms with E-state index in [1.165, 1.54) is 0 Å². The van der Waals surface area contributed by atoms with Gasteiger partial charge in [-0.3, -0.25) is 0 Å². The Kier molecular flexibility index (Phi) is 9.35. The second-order valence-corrected chi connectivity index (χ2v) is 8.37. The van der Waals surface area contributed by atoms with Gasteiger partial charge in [0.05, 0.1) is 13.2 Å². The molecular weight excluding hydrogens is 488 g/mol. The van der Waals surface area contributed by atoms with Crippen molar-refractivity contribution >= 4 is 5.97 Å². The molecule has 3 aliphatic heterocycles. The third kappa shape index (κ3) is 5.59. The number of carboxylic acids is 1. The molecule has 0 aromatic rings. The SMILES string of the molecule is O=C(O)[C@H]1O[C@@H](O[C@H]2[C@@H](O)[C@@H](CO)O[C@@H](O[C@H]3[C@H](O)[C@@H](O)C(O)O[C@@H]3CO)[C@@H]2O)[C@H](O)[C@@H](O)[C@@H]1O. The van der Waals surface area contributed by atoms with Crippen LogP contribution in [0.3, 0.4) is 0 Å². The average molecular weight is 518 g/mol. The van der Waals surface area contributed by atoms with Crippen molar-refractivity contribution in [3.8, 4) is 0 Å². The molecule has 17 heteroatoms. The number of aliphatic hydroxyl groups excluding tert-OH is 10. The lowest BCUT2D eigenvalue weighted by Crippen LogP contribution is -2.67. The molecular formula is C18H30O17. The first kappa shape index (κ1) is 28.4. The Morgan fingerprint density at radius 2 is 1.17 bits per heavy atom. The maximum absolute atomic E-state index is 11.3. The highest BCUT2D eigenvalue weighted by atomic mass is 16.7. The number of hydrogen-bond acceptors (Lipinski definition) is 16. The number of carboxylic acid groups (broad SMARTS) is 1. The maximum Gasteiger partial charge on any atom is 0.335 e. The molecule has 204 valence electrons. The highest BCUT2D eigenvalue weighted by Crippen LogP contribution is 2.32. The lowest BCUT2D eigenvalue weighted by Gasteiger charge is -2.47. The van der Waals surface area contributed by atoms with Crippen LogP contribution in [-0.4, -0.2) is 167 Å². The van der Waals surface area contributed by atoms with Gasteiger partial charge in [-0.1, -0.05) is 0 Å². The van der Waals surface area contributed by atoms with E-state index in [9.17, 15) is 55.9 Å². The van der Waals surface area contributed by atoms with Gasteiger partial charge in [0.2, 0.25) is 0 Å². The standard InChI is InChI=1S/C18H30O17/c19-1-3-5(21)13(34-17-10(26)6(22)7(23)14(35-17)15(28)29)11(27)18(32-3)33-12-4(2-20)31-16(30)9(25)8(12)24/h3-14,16-27,30H,1-2H2,(H,28,29)/t3-,4-,5+,6+,7+,8-,9-,10-,11-,12-,13+,14+,16?,17-,18+/m1/s1. The lowest BCUT2D eigenvalue weighted by atomic mass is 9.96. The minimum atomic E-state index is -2.04. The van der Waals surface area contributed by atoms with E-state index in [1.54, 1.807) is 0 Å². The normalized spacial score (nSPS) is 51.2. The number of ether oxygens (including phenoxy) is 5. The van der Waals surface area contributed by atoms with Crippen molar-refractivity contribution in [1.29, 1.82) is 0 Å². The molecule has 0 amide bonds. The van der Waals surface area contributed by atoms with Crippen molar-refractivity contribution in [2.24, 2.45) is 0 Å². The lowest BCUT2D eigenvalue weighted by molar-refractivity contribution is -0.377. The van der Waals surface area contributed by atoms with Gasteiger partial charge in [0.15, 0.2) is 25.0 Å². The number of aliphatic carboxylic acids is 1. The molecule has 15 atom stereocenters. The topological polar surface area (TPSA) is 286 Å². The van der Waals surface area contributed by atoms with E-state index in [1.807, 2.05) is 0 Å². The van der Waals surface area contributed by atoms with Gasteiger partial charge >= 0.3 is 5.97 Å². The van der Waals surface area contributed by atoms with Crippen molar-refractivity contribution in [3.63, 3.8) is 0 Å². The first-order valence-electron chi connectivity index (χ1n) is 10.6. The zero-order chi connectivity index (χ0) is 26.2. The summed E-state index contributed by atoms with van der Waals surface area (Å²) in [6.07, 6.45) is -27.7. The molecule has 3 saturated heterocycles. The van der Waals surface area contributed by atoms with Gasteiger partial charge in [-0.2, -0.15) is 0 Å². The van der Waals surface area contributed by atoms with Gasteiger partial charge in [0.25, 0.3) is 0 Å². The molecule has 3 rings (SSSR count). The van der Waals surface area contributed by atoms with E-state index < -0.39 is 111 Å². The van der Waals surface area contributed by atoms with Gasteiger partial charge in [0.1, 0.15) is 67.1 Å². The molecule has 0 saturated carbocycles. The Labute approximate surface area is 196 Å². The van der Waals surface area contributed by atoms with Crippen molar-refractivity contribution < 1.29 is 84.7 Å². The van der Waals surface area contributed by atoms with Crippen LogP contribution in [0.2, 0.25) is 0 Å². The quantitative estimate of drug-likeness (QED) is 0.149. The van der Waals surface area contributed by atoms with Gasteiger partial charge in [0, 0.05) is 0 Å². The number of rotatable bonds is 7. The van der Waals surface area contributed by atoms with E-state index in [-0.39, 0.29) is 0 Å². The van der Waals surface area contributed by atoms with Crippen molar-refractivity contribution in [2.75, 3.05) is 13.2 Å². The summed E-state index contributed by atoms with van der Waals surface area (Å²) in [5.41, 5.74) is 0. The molecule has 0 radical (unpaired) electrons. The molecule has 17 nitrogen and oxygen atoms in total. The van der Waals surface area contributed by atoms with Crippen LogP contribution < -0.4 is 0 Å². The Morgan fingerprint density at radius 3 is 1.74 bits per heavy atom. The van der Waals surface area contributed by atoms with E-state index in [0.717, 1.165) is 0 Å². The fraction of sp³-hybridized carbons (Fsp3) is 0.944. The Bertz CT molecular complexity index is 709. The number of carbonyl (C=O) groups is 1. The predicted octanol–water partition coefficient (Wildman–Crippen LogP) is -7.48. The first-order valence-corrected chi connectivity index (χ1v) is 10.6. The summed E-state index contributed by atoms with van der Waals surface area (Å²) in [5.74, 6) is -1.71. The summed E-state index contributed by atoms with van der Waals surface area (Å²) in [4.78, 5) is 11.3. The molecule has 0 aromatic heterocycles. The van der Waals surface area contributed by atoms with Crippen LogP contribution >= 0.6 is 0 Å². The zero-order valence-electron chi connectivity index (χ0n) is 17.9. The van der Waals surface area contributed by atoms with Crippen molar-refractivity contribution in [2.45, 2.75) is 92.1 Å².